The summed E-state index contributed by atoms with van der Waals surface area (Å²) in [4.78, 5) is 8.94. The van der Waals surface area contributed by atoms with Crippen molar-refractivity contribution in [3.8, 4) is 11.3 Å². The van der Waals surface area contributed by atoms with E-state index in [2.05, 4.69) is 61.2 Å². The maximum absolute atomic E-state index is 4.58. The summed E-state index contributed by atoms with van der Waals surface area (Å²) >= 11 is 0. The maximum atomic E-state index is 4.58. The predicted octanol–water partition coefficient (Wildman–Crippen LogP) is 4.10. The molecule has 1 heterocycles. The van der Waals surface area contributed by atoms with Crippen molar-refractivity contribution >= 4 is 5.95 Å². The lowest BCUT2D eigenvalue weighted by Crippen LogP contribution is -2.11. The maximum Gasteiger partial charge on any atom is 0.223 e. The Kier molecular flexibility index (Phi) is 3.80. The zero-order chi connectivity index (χ0) is 14.9. The van der Waals surface area contributed by atoms with Crippen LogP contribution in [0.4, 0.5) is 5.95 Å². The first kappa shape index (κ1) is 14.5. The van der Waals surface area contributed by atoms with E-state index in [0.29, 0.717) is 5.95 Å². The van der Waals surface area contributed by atoms with Gasteiger partial charge in [-0.1, -0.05) is 32.9 Å². The first-order valence-corrected chi connectivity index (χ1v) is 6.96. The summed E-state index contributed by atoms with van der Waals surface area (Å²) < 4.78 is 0. The van der Waals surface area contributed by atoms with Crippen molar-refractivity contribution in [1.82, 2.24) is 9.97 Å². The van der Waals surface area contributed by atoms with E-state index in [1.54, 1.807) is 0 Å². The molecule has 0 unspecified atom stereocenters. The van der Waals surface area contributed by atoms with Crippen molar-refractivity contribution in [2.45, 2.75) is 40.0 Å². The van der Waals surface area contributed by atoms with Crippen molar-refractivity contribution in [3.05, 3.63) is 41.1 Å². The minimum absolute atomic E-state index is 0.135. The van der Waals surface area contributed by atoms with Gasteiger partial charge in [0.05, 0.1) is 5.69 Å². The van der Waals surface area contributed by atoms with E-state index in [0.717, 1.165) is 11.4 Å². The summed E-state index contributed by atoms with van der Waals surface area (Å²) in [6.07, 6.45) is 0. The molecule has 0 saturated carbocycles. The van der Waals surface area contributed by atoms with Crippen LogP contribution in [0.15, 0.2) is 24.3 Å². The molecule has 106 valence electrons. The molecule has 0 spiro atoms. The molecule has 0 aliphatic rings. The Morgan fingerprint density at radius 1 is 1.00 bits per heavy atom. The summed E-state index contributed by atoms with van der Waals surface area (Å²) in [7, 11) is 1.84. The standard InChI is InChI=1S/C17H23N3/c1-11-7-8-13(17(3,4)5)10-14(11)15-9-12(2)19-16(18-6)20-15/h7-10H,1-6H3,(H,18,19,20). The van der Waals surface area contributed by atoms with Gasteiger partial charge in [0.15, 0.2) is 0 Å². The van der Waals surface area contributed by atoms with Crippen LogP contribution >= 0.6 is 0 Å². The average molecular weight is 269 g/mol. The molecule has 1 N–H and O–H groups in total. The SMILES string of the molecule is CNc1nc(C)cc(-c2cc(C(C)(C)C)ccc2C)n1. The Bertz CT molecular complexity index is 625. The van der Waals surface area contributed by atoms with Crippen molar-refractivity contribution in [3.63, 3.8) is 0 Å². The normalized spacial score (nSPS) is 11.5. The molecule has 2 rings (SSSR count). The lowest BCUT2D eigenvalue weighted by Gasteiger charge is -2.21. The molecule has 3 nitrogen and oxygen atoms in total. The number of nitrogens with one attached hydrogen (secondary N) is 1. The smallest absolute Gasteiger partial charge is 0.223 e. The fourth-order valence-corrected chi connectivity index (χ4v) is 2.18. The predicted molar refractivity (Wildman–Crippen MR) is 85.2 cm³/mol. The molecule has 1 aromatic carbocycles. The highest BCUT2D eigenvalue weighted by atomic mass is 15.1. The molecule has 0 amide bonds. The molecule has 2 aromatic rings. The van der Waals surface area contributed by atoms with Crippen LogP contribution in [-0.4, -0.2) is 17.0 Å². The van der Waals surface area contributed by atoms with E-state index >= 15 is 0 Å². The molecule has 0 bridgehead atoms. The topological polar surface area (TPSA) is 37.8 Å². The summed E-state index contributed by atoms with van der Waals surface area (Å²) in [5.74, 6) is 0.667. The van der Waals surface area contributed by atoms with Gasteiger partial charge in [0.2, 0.25) is 5.95 Å². The number of anilines is 1. The van der Waals surface area contributed by atoms with E-state index in [-0.39, 0.29) is 5.41 Å². The Balaban J connectivity index is 2.60. The van der Waals surface area contributed by atoms with Crippen LogP contribution in [0.25, 0.3) is 11.3 Å². The first-order valence-electron chi connectivity index (χ1n) is 6.96. The largest absolute Gasteiger partial charge is 0.357 e. The molecule has 0 atom stereocenters. The van der Waals surface area contributed by atoms with Gasteiger partial charge >= 0.3 is 0 Å². The Hall–Kier alpha value is -1.90. The van der Waals surface area contributed by atoms with Crippen LogP contribution in [0.3, 0.4) is 0 Å². The van der Waals surface area contributed by atoms with Crippen molar-refractivity contribution < 1.29 is 0 Å². The number of aromatic nitrogens is 2. The minimum atomic E-state index is 0.135. The molecule has 0 radical (unpaired) electrons. The molecule has 0 fully saturated rings. The molecule has 1 aromatic heterocycles. The monoisotopic (exact) mass is 269 g/mol. The summed E-state index contributed by atoms with van der Waals surface area (Å²) in [6.45, 7) is 10.8. The molecule has 20 heavy (non-hydrogen) atoms. The highest BCUT2D eigenvalue weighted by molar-refractivity contribution is 5.66. The summed E-state index contributed by atoms with van der Waals surface area (Å²) in [6, 6.07) is 8.66. The number of nitrogens with zero attached hydrogens (tertiary/aromatic N) is 2. The number of benzene rings is 1. The van der Waals surface area contributed by atoms with Gasteiger partial charge in [0, 0.05) is 18.3 Å². The Morgan fingerprint density at radius 2 is 1.70 bits per heavy atom. The number of aryl methyl sites for hydroxylation is 2. The van der Waals surface area contributed by atoms with Crippen LogP contribution in [0.5, 0.6) is 0 Å². The fraction of sp³-hybridized carbons (Fsp3) is 0.412. The van der Waals surface area contributed by atoms with E-state index in [4.69, 9.17) is 0 Å². The highest BCUT2D eigenvalue weighted by Crippen LogP contribution is 2.29. The molecule has 0 saturated heterocycles. The second-order valence-corrected chi connectivity index (χ2v) is 6.25. The van der Waals surface area contributed by atoms with E-state index in [9.17, 15) is 0 Å². The number of rotatable bonds is 2. The van der Waals surface area contributed by atoms with Crippen LogP contribution in [0, 0.1) is 13.8 Å². The van der Waals surface area contributed by atoms with Crippen molar-refractivity contribution in [2.75, 3.05) is 12.4 Å². The molecule has 0 aliphatic carbocycles. The third-order valence-corrected chi connectivity index (χ3v) is 3.46. The lowest BCUT2D eigenvalue weighted by molar-refractivity contribution is 0.590. The average Bonchev–Trinajstić information content (AvgIpc) is 2.37. The third-order valence-electron chi connectivity index (χ3n) is 3.46. The lowest BCUT2D eigenvalue weighted by atomic mass is 9.85. The summed E-state index contributed by atoms with van der Waals surface area (Å²) in [5.41, 5.74) is 5.82. The van der Waals surface area contributed by atoms with Gasteiger partial charge in [0.25, 0.3) is 0 Å². The van der Waals surface area contributed by atoms with Gasteiger partial charge in [-0.25, -0.2) is 9.97 Å². The molecule has 0 aliphatic heterocycles. The van der Waals surface area contributed by atoms with Gasteiger partial charge in [-0.2, -0.15) is 0 Å². The van der Waals surface area contributed by atoms with Crippen molar-refractivity contribution in [1.29, 1.82) is 0 Å². The zero-order valence-electron chi connectivity index (χ0n) is 13.2. The minimum Gasteiger partial charge on any atom is -0.357 e. The van der Waals surface area contributed by atoms with Gasteiger partial charge in [-0.3, -0.25) is 0 Å². The zero-order valence-corrected chi connectivity index (χ0v) is 13.2. The first-order chi connectivity index (χ1) is 9.31. The Morgan fingerprint density at radius 3 is 2.30 bits per heavy atom. The summed E-state index contributed by atoms with van der Waals surface area (Å²) in [5, 5.41) is 3.02. The highest BCUT2D eigenvalue weighted by Gasteiger charge is 2.16. The third kappa shape index (κ3) is 2.98. The molecule has 3 heteroatoms. The second-order valence-electron chi connectivity index (χ2n) is 6.25. The second kappa shape index (κ2) is 5.23. The Labute approximate surface area is 121 Å². The number of hydrogen-bond acceptors (Lipinski definition) is 3. The van der Waals surface area contributed by atoms with Gasteiger partial charge in [0.1, 0.15) is 0 Å². The van der Waals surface area contributed by atoms with Gasteiger partial charge < -0.3 is 5.32 Å². The van der Waals surface area contributed by atoms with Crippen molar-refractivity contribution in [2.24, 2.45) is 0 Å². The van der Waals surface area contributed by atoms with Gasteiger partial charge in [-0.05, 0) is 42.5 Å². The van der Waals surface area contributed by atoms with Crippen LogP contribution in [0.2, 0.25) is 0 Å². The van der Waals surface area contributed by atoms with Gasteiger partial charge in [-0.15, -0.1) is 0 Å². The van der Waals surface area contributed by atoms with E-state index in [1.165, 1.54) is 16.7 Å². The molecular weight excluding hydrogens is 246 g/mol. The van der Waals surface area contributed by atoms with Crippen LogP contribution in [-0.2, 0) is 5.41 Å². The quantitative estimate of drug-likeness (QED) is 0.892. The van der Waals surface area contributed by atoms with E-state index in [1.807, 2.05) is 20.0 Å². The van der Waals surface area contributed by atoms with E-state index < -0.39 is 0 Å². The van der Waals surface area contributed by atoms with Crippen LogP contribution in [0.1, 0.15) is 37.6 Å². The molecular formula is C17H23N3. The fourth-order valence-electron chi connectivity index (χ4n) is 2.18. The van der Waals surface area contributed by atoms with Crippen LogP contribution < -0.4 is 5.32 Å². The number of hydrogen-bond donors (Lipinski definition) is 1.